The van der Waals surface area contributed by atoms with Crippen LogP contribution in [0.15, 0.2) is 16.6 Å². The quantitative estimate of drug-likeness (QED) is 0.683. The minimum atomic E-state index is -0.0109. The summed E-state index contributed by atoms with van der Waals surface area (Å²) in [6.45, 7) is 6.68. The van der Waals surface area contributed by atoms with Gasteiger partial charge in [0, 0.05) is 11.0 Å². The highest BCUT2D eigenvalue weighted by molar-refractivity contribution is 9.10. The van der Waals surface area contributed by atoms with Gasteiger partial charge in [-0.2, -0.15) is 0 Å². The van der Waals surface area contributed by atoms with Gasteiger partial charge in [-0.15, -0.1) is 0 Å². The van der Waals surface area contributed by atoms with Gasteiger partial charge in [-0.3, -0.25) is 0 Å². The number of hydrogen-bond donors (Lipinski definition) is 2. The van der Waals surface area contributed by atoms with Gasteiger partial charge < -0.3 is 19.9 Å². The van der Waals surface area contributed by atoms with Gasteiger partial charge >= 0.3 is 0 Å². The molecule has 0 radical (unpaired) electrons. The van der Waals surface area contributed by atoms with E-state index >= 15 is 0 Å². The molecule has 108 valence electrons. The molecular formula is C14H22BrNO3. The normalized spacial score (nSPS) is 10.5. The molecule has 0 spiro atoms. The predicted octanol–water partition coefficient (Wildman–Crippen LogP) is 2.72. The Morgan fingerprint density at radius 3 is 2.58 bits per heavy atom. The molecule has 0 aliphatic carbocycles. The van der Waals surface area contributed by atoms with Crippen LogP contribution in [0.4, 0.5) is 0 Å². The third-order valence-electron chi connectivity index (χ3n) is 2.50. The van der Waals surface area contributed by atoms with Gasteiger partial charge in [0.05, 0.1) is 13.2 Å². The Kier molecular flexibility index (Phi) is 7.86. The van der Waals surface area contributed by atoms with Crippen LogP contribution in [0.1, 0.15) is 25.8 Å². The number of halogens is 1. The summed E-state index contributed by atoms with van der Waals surface area (Å²) in [5, 5.41) is 12.2. The Labute approximate surface area is 123 Å². The number of benzene rings is 1. The SMILES string of the molecule is CCCNCc1cc(OCC)c(OCCO)cc1Br. The summed E-state index contributed by atoms with van der Waals surface area (Å²) in [7, 11) is 0. The maximum Gasteiger partial charge on any atom is 0.162 e. The van der Waals surface area contributed by atoms with Crippen molar-refractivity contribution >= 4 is 15.9 Å². The lowest BCUT2D eigenvalue weighted by molar-refractivity contribution is 0.194. The van der Waals surface area contributed by atoms with Crippen LogP contribution in [0.25, 0.3) is 0 Å². The van der Waals surface area contributed by atoms with Gasteiger partial charge in [-0.1, -0.05) is 22.9 Å². The Hall–Kier alpha value is -0.780. The van der Waals surface area contributed by atoms with Gasteiger partial charge in [0.25, 0.3) is 0 Å². The lowest BCUT2D eigenvalue weighted by Crippen LogP contribution is -2.14. The van der Waals surface area contributed by atoms with Crippen molar-refractivity contribution in [2.24, 2.45) is 0 Å². The fourth-order valence-corrected chi connectivity index (χ4v) is 2.11. The highest BCUT2D eigenvalue weighted by atomic mass is 79.9. The number of ether oxygens (including phenoxy) is 2. The van der Waals surface area contributed by atoms with Crippen LogP contribution in [0, 0.1) is 0 Å². The fraction of sp³-hybridized carbons (Fsp3) is 0.571. The summed E-state index contributed by atoms with van der Waals surface area (Å²) in [6, 6.07) is 3.87. The van der Waals surface area contributed by atoms with Crippen molar-refractivity contribution in [2.45, 2.75) is 26.8 Å². The zero-order valence-electron chi connectivity index (χ0n) is 11.5. The summed E-state index contributed by atoms with van der Waals surface area (Å²) < 4.78 is 12.0. The molecule has 19 heavy (non-hydrogen) atoms. The third-order valence-corrected chi connectivity index (χ3v) is 3.24. The lowest BCUT2D eigenvalue weighted by Gasteiger charge is -2.15. The first-order valence-corrected chi connectivity index (χ1v) is 7.41. The molecule has 0 aromatic heterocycles. The van der Waals surface area contributed by atoms with Crippen molar-refractivity contribution in [3.63, 3.8) is 0 Å². The highest BCUT2D eigenvalue weighted by Gasteiger charge is 2.10. The average molecular weight is 332 g/mol. The maximum atomic E-state index is 8.83. The Bertz CT molecular complexity index is 385. The number of aliphatic hydroxyl groups excluding tert-OH is 1. The zero-order valence-corrected chi connectivity index (χ0v) is 13.1. The number of aliphatic hydroxyl groups is 1. The highest BCUT2D eigenvalue weighted by Crippen LogP contribution is 2.33. The van der Waals surface area contributed by atoms with E-state index in [9.17, 15) is 0 Å². The van der Waals surface area contributed by atoms with Crippen LogP contribution in [0.5, 0.6) is 11.5 Å². The minimum absolute atomic E-state index is 0.0109. The van der Waals surface area contributed by atoms with E-state index in [1.54, 1.807) is 0 Å². The smallest absolute Gasteiger partial charge is 0.162 e. The Morgan fingerprint density at radius 2 is 1.95 bits per heavy atom. The van der Waals surface area contributed by atoms with E-state index in [4.69, 9.17) is 14.6 Å². The molecule has 0 fully saturated rings. The van der Waals surface area contributed by atoms with Gasteiger partial charge in [0.1, 0.15) is 6.61 Å². The first kappa shape index (κ1) is 16.3. The maximum absolute atomic E-state index is 8.83. The van der Waals surface area contributed by atoms with E-state index in [0.29, 0.717) is 18.1 Å². The number of hydrogen-bond acceptors (Lipinski definition) is 4. The van der Waals surface area contributed by atoms with Crippen LogP contribution in [-0.2, 0) is 6.54 Å². The third kappa shape index (κ3) is 5.38. The molecule has 0 amide bonds. The van der Waals surface area contributed by atoms with E-state index in [1.807, 2.05) is 19.1 Å². The fourth-order valence-electron chi connectivity index (χ4n) is 1.65. The lowest BCUT2D eigenvalue weighted by atomic mass is 10.2. The first-order valence-electron chi connectivity index (χ1n) is 6.62. The molecule has 4 nitrogen and oxygen atoms in total. The molecule has 0 unspecified atom stereocenters. The monoisotopic (exact) mass is 331 g/mol. The zero-order chi connectivity index (χ0) is 14.1. The standard InChI is InChI=1S/C14H22BrNO3/c1-3-5-16-10-11-8-13(18-4-2)14(9-12(11)15)19-7-6-17/h8-9,16-17H,3-7,10H2,1-2H3. The molecule has 0 aliphatic rings. The molecule has 0 saturated heterocycles. The van der Waals surface area contributed by atoms with E-state index in [2.05, 4.69) is 28.2 Å². The van der Waals surface area contributed by atoms with E-state index < -0.39 is 0 Å². The van der Waals surface area contributed by atoms with Crippen LogP contribution in [0.2, 0.25) is 0 Å². The minimum Gasteiger partial charge on any atom is -0.490 e. The van der Waals surface area contributed by atoms with E-state index in [1.165, 1.54) is 0 Å². The van der Waals surface area contributed by atoms with Crippen molar-refractivity contribution in [2.75, 3.05) is 26.4 Å². The second kappa shape index (κ2) is 9.18. The van der Waals surface area contributed by atoms with Gasteiger partial charge in [0.15, 0.2) is 11.5 Å². The number of rotatable bonds is 9. The summed E-state index contributed by atoms with van der Waals surface area (Å²) >= 11 is 3.54. The van der Waals surface area contributed by atoms with Crippen LogP contribution >= 0.6 is 15.9 Å². The molecule has 0 saturated carbocycles. The predicted molar refractivity (Wildman–Crippen MR) is 79.9 cm³/mol. The molecule has 1 aromatic carbocycles. The van der Waals surface area contributed by atoms with Gasteiger partial charge in [0.2, 0.25) is 0 Å². The van der Waals surface area contributed by atoms with Crippen LogP contribution in [0.3, 0.4) is 0 Å². The van der Waals surface area contributed by atoms with Crippen molar-refractivity contribution in [3.05, 3.63) is 22.2 Å². The summed E-state index contributed by atoms with van der Waals surface area (Å²) in [5.74, 6) is 1.37. The second-order valence-corrected chi connectivity index (χ2v) is 4.93. The van der Waals surface area contributed by atoms with Crippen molar-refractivity contribution in [1.29, 1.82) is 0 Å². The molecule has 0 atom stereocenters. The topological polar surface area (TPSA) is 50.7 Å². The van der Waals surface area contributed by atoms with Crippen LogP contribution < -0.4 is 14.8 Å². The molecule has 1 aromatic rings. The van der Waals surface area contributed by atoms with E-state index in [-0.39, 0.29) is 13.2 Å². The Balaban J connectivity index is 2.85. The molecule has 0 bridgehead atoms. The van der Waals surface area contributed by atoms with Gasteiger partial charge in [-0.05, 0) is 37.6 Å². The van der Waals surface area contributed by atoms with Crippen molar-refractivity contribution in [3.8, 4) is 11.5 Å². The largest absolute Gasteiger partial charge is 0.490 e. The molecule has 1 rings (SSSR count). The second-order valence-electron chi connectivity index (χ2n) is 4.07. The molecule has 5 heteroatoms. The molecular weight excluding hydrogens is 310 g/mol. The van der Waals surface area contributed by atoms with Crippen molar-refractivity contribution in [1.82, 2.24) is 5.32 Å². The number of nitrogens with one attached hydrogen (secondary N) is 1. The summed E-state index contributed by atoms with van der Waals surface area (Å²) in [6.07, 6.45) is 1.10. The first-order chi connectivity index (χ1) is 9.22. The molecule has 0 heterocycles. The molecule has 0 aliphatic heterocycles. The van der Waals surface area contributed by atoms with Gasteiger partial charge in [-0.25, -0.2) is 0 Å². The summed E-state index contributed by atoms with van der Waals surface area (Å²) in [4.78, 5) is 0. The van der Waals surface area contributed by atoms with Crippen molar-refractivity contribution < 1.29 is 14.6 Å². The average Bonchev–Trinajstić information content (AvgIpc) is 2.40. The Morgan fingerprint density at radius 1 is 1.21 bits per heavy atom. The summed E-state index contributed by atoms with van der Waals surface area (Å²) in [5.41, 5.74) is 1.13. The molecule has 2 N–H and O–H groups in total. The van der Waals surface area contributed by atoms with E-state index in [0.717, 1.165) is 29.5 Å². The van der Waals surface area contributed by atoms with Crippen LogP contribution in [-0.4, -0.2) is 31.5 Å².